The average Bonchev–Trinajstić information content (AvgIpc) is 2.44. The number of nitrogens with zero attached hydrogens (tertiary/aromatic N) is 3. The van der Waals surface area contributed by atoms with Crippen LogP contribution in [0.3, 0.4) is 0 Å². The third kappa shape index (κ3) is 1.99. The molecular weight excluding hydrogens is 228 g/mol. The van der Waals surface area contributed by atoms with E-state index in [0.29, 0.717) is 5.69 Å². The molecule has 0 amide bonds. The van der Waals surface area contributed by atoms with Crippen molar-refractivity contribution in [2.75, 3.05) is 0 Å². The van der Waals surface area contributed by atoms with Crippen LogP contribution < -0.4 is 4.74 Å². The van der Waals surface area contributed by atoms with E-state index in [1.54, 1.807) is 13.1 Å². The second-order valence-electron chi connectivity index (χ2n) is 2.86. The third-order valence-electron chi connectivity index (χ3n) is 1.70. The van der Waals surface area contributed by atoms with E-state index >= 15 is 0 Å². The first-order valence-electron chi connectivity index (χ1n) is 4.03. The number of aryl methyl sites for hydroxylation is 1. The highest BCUT2D eigenvalue weighted by Gasteiger charge is 2.12. The monoisotopic (exact) mass is 233 g/mol. The molecule has 2 aromatic rings. The Morgan fingerprint density at radius 1 is 1.53 bits per heavy atom. The van der Waals surface area contributed by atoms with Crippen LogP contribution in [0.1, 0.15) is 5.69 Å². The highest BCUT2D eigenvalue weighted by Crippen LogP contribution is 2.23. The van der Waals surface area contributed by atoms with Crippen molar-refractivity contribution in [2.24, 2.45) is 0 Å². The molecule has 4 nitrogen and oxygen atoms in total. The number of aromatic nitrogens is 3. The zero-order chi connectivity index (χ0) is 11.0. The molecule has 0 saturated heterocycles. The lowest BCUT2D eigenvalue weighted by molar-refractivity contribution is -0.0492. The fourth-order valence-corrected chi connectivity index (χ4v) is 1.40. The first kappa shape index (κ1) is 10.1. The zero-order valence-corrected chi connectivity index (χ0v) is 8.37. The van der Waals surface area contributed by atoms with Gasteiger partial charge in [0.05, 0.1) is 11.9 Å². The summed E-state index contributed by atoms with van der Waals surface area (Å²) < 4.78 is 29.7. The summed E-state index contributed by atoms with van der Waals surface area (Å²) in [5.74, 6) is -0.0851. The molecule has 0 saturated carbocycles. The molecule has 2 rings (SSSR count). The summed E-state index contributed by atoms with van der Waals surface area (Å²) in [6, 6.07) is 1.20. The third-order valence-corrected chi connectivity index (χ3v) is 1.88. The van der Waals surface area contributed by atoms with E-state index in [-0.39, 0.29) is 16.5 Å². The maximum absolute atomic E-state index is 12.1. The minimum absolute atomic E-state index is 0.0653. The molecule has 0 fully saturated rings. The van der Waals surface area contributed by atoms with Gasteiger partial charge in [0.1, 0.15) is 0 Å². The lowest BCUT2D eigenvalue weighted by Crippen LogP contribution is -2.04. The van der Waals surface area contributed by atoms with Gasteiger partial charge in [0.2, 0.25) is 0 Å². The predicted molar refractivity (Wildman–Crippen MR) is 49.4 cm³/mol. The van der Waals surface area contributed by atoms with Crippen molar-refractivity contribution in [3.8, 4) is 5.75 Å². The fraction of sp³-hybridized carbons (Fsp3) is 0.250. The van der Waals surface area contributed by atoms with Gasteiger partial charge < -0.3 is 4.74 Å². The van der Waals surface area contributed by atoms with Gasteiger partial charge >= 0.3 is 6.61 Å². The largest absolute Gasteiger partial charge is 0.431 e. The van der Waals surface area contributed by atoms with Crippen LogP contribution >= 0.6 is 11.6 Å². The summed E-state index contributed by atoms with van der Waals surface area (Å²) in [7, 11) is 0. The van der Waals surface area contributed by atoms with Gasteiger partial charge in [0.15, 0.2) is 16.5 Å². The van der Waals surface area contributed by atoms with E-state index in [0.717, 1.165) is 0 Å². The van der Waals surface area contributed by atoms with Crippen LogP contribution in [0, 0.1) is 6.92 Å². The fourth-order valence-electron chi connectivity index (χ4n) is 1.22. The van der Waals surface area contributed by atoms with Crippen LogP contribution in [-0.2, 0) is 0 Å². The highest BCUT2D eigenvalue weighted by molar-refractivity contribution is 6.29. The summed E-state index contributed by atoms with van der Waals surface area (Å²) >= 11 is 5.63. The van der Waals surface area contributed by atoms with Crippen LogP contribution in [0.25, 0.3) is 5.65 Å². The number of ether oxygens (including phenoxy) is 1. The smallest absolute Gasteiger partial charge is 0.387 e. The van der Waals surface area contributed by atoms with Crippen LogP contribution in [0.2, 0.25) is 5.15 Å². The second kappa shape index (κ2) is 3.62. The molecule has 0 radical (unpaired) electrons. The highest BCUT2D eigenvalue weighted by atomic mass is 35.5. The molecule has 15 heavy (non-hydrogen) atoms. The van der Waals surface area contributed by atoms with E-state index in [9.17, 15) is 8.78 Å². The Balaban J connectivity index is 2.59. The Bertz CT molecular complexity index is 500. The maximum Gasteiger partial charge on any atom is 0.387 e. The quantitative estimate of drug-likeness (QED) is 0.799. The number of fused-ring (bicyclic) bond motifs is 1. The van der Waals surface area contributed by atoms with Crippen molar-refractivity contribution in [2.45, 2.75) is 13.5 Å². The molecule has 80 valence electrons. The molecule has 7 heteroatoms. The Kier molecular flexibility index (Phi) is 2.44. The Hall–Kier alpha value is -1.43. The average molecular weight is 234 g/mol. The number of halogens is 3. The van der Waals surface area contributed by atoms with Gasteiger partial charge in [-0.15, -0.1) is 0 Å². The Labute approximate surface area is 88.4 Å². The van der Waals surface area contributed by atoms with Crippen LogP contribution in [0.15, 0.2) is 12.3 Å². The number of hydrogen-bond donors (Lipinski definition) is 0. The first-order valence-corrected chi connectivity index (χ1v) is 4.41. The van der Waals surface area contributed by atoms with E-state index in [1.807, 2.05) is 0 Å². The van der Waals surface area contributed by atoms with Gasteiger partial charge in [0.25, 0.3) is 0 Å². The van der Waals surface area contributed by atoms with Crippen molar-refractivity contribution in [3.63, 3.8) is 0 Å². The summed E-state index contributed by atoms with van der Waals surface area (Å²) in [6.07, 6.45) is 1.57. The lowest BCUT2D eigenvalue weighted by atomic mass is 10.5. The molecule has 0 aromatic carbocycles. The van der Waals surface area contributed by atoms with Crippen molar-refractivity contribution in [1.29, 1.82) is 0 Å². The maximum atomic E-state index is 12.1. The van der Waals surface area contributed by atoms with E-state index < -0.39 is 6.61 Å². The van der Waals surface area contributed by atoms with E-state index in [1.165, 1.54) is 10.6 Å². The van der Waals surface area contributed by atoms with Gasteiger partial charge in [-0.05, 0) is 6.92 Å². The molecule has 0 spiro atoms. The van der Waals surface area contributed by atoms with Gasteiger partial charge in [-0.1, -0.05) is 11.6 Å². The standard InChI is InChI=1S/C8H6ClF2N3O/c1-4-3-14-7(12-4)5(15-8(10)11)2-6(9)13-14/h2-3,8H,1H3. The minimum Gasteiger partial charge on any atom is -0.431 e. The number of hydrogen-bond acceptors (Lipinski definition) is 3. The van der Waals surface area contributed by atoms with E-state index in [2.05, 4.69) is 14.8 Å². The second-order valence-corrected chi connectivity index (χ2v) is 3.25. The lowest BCUT2D eigenvalue weighted by Gasteiger charge is -2.05. The summed E-state index contributed by atoms with van der Waals surface area (Å²) in [5, 5.41) is 3.92. The van der Waals surface area contributed by atoms with Crippen LogP contribution in [0.5, 0.6) is 5.75 Å². The van der Waals surface area contributed by atoms with E-state index in [4.69, 9.17) is 11.6 Å². The molecule has 0 N–H and O–H groups in total. The van der Waals surface area contributed by atoms with Crippen molar-refractivity contribution in [1.82, 2.24) is 14.6 Å². The number of imidazole rings is 1. The van der Waals surface area contributed by atoms with Crippen LogP contribution in [-0.4, -0.2) is 21.2 Å². The molecule has 0 unspecified atom stereocenters. The topological polar surface area (TPSA) is 39.4 Å². The van der Waals surface area contributed by atoms with Gasteiger partial charge in [-0.3, -0.25) is 0 Å². The SMILES string of the molecule is Cc1cn2nc(Cl)cc(OC(F)F)c2n1. The molecular formula is C8H6ClF2N3O. The van der Waals surface area contributed by atoms with Crippen molar-refractivity contribution in [3.05, 3.63) is 23.1 Å². The number of alkyl halides is 2. The summed E-state index contributed by atoms with van der Waals surface area (Å²) in [5.41, 5.74) is 0.862. The molecule has 0 aliphatic heterocycles. The minimum atomic E-state index is -2.91. The predicted octanol–water partition coefficient (Wildman–Crippen LogP) is 2.29. The van der Waals surface area contributed by atoms with Gasteiger partial charge in [0, 0.05) is 6.07 Å². The van der Waals surface area contributed by atoms with Crippen molar-refractivity contribution < 1.29 is 13.5 Å². The Morgan fingerprint density at radius 3 is 2.93 bits per heavy atom. The molecule has 2 aromatic heterocycles. The molecule has 0 bridgehead atoms. The Morgan fingerprint density at radius 2 is 2.27 bits per heavy atom. The molecule has 0 atom stereocenters. The summed E-state index contributed by atoms with van der Waals surface area (Å²) in [6.45, 7) is -1.20. The summed E-state index contributed by atoms with van der Waals surface area (Å²) in [4.78, 5) is 3.99. The molecule has 2 heterocycles. The van der Waals surface area contributed by atoms with Gasteiger partial charge in [-0.25, -0.2) is 9.50 Å². The van der Waals surface area contributed by atoms with Gasteiger partial charge in [-0.2, -0.15) is 13.9 Å². The van der Waals surface area contributed by atoms with Crippen LogP contribution in [0.4, 0.5) is 8.78 Å². The van der Waals surface area contributed by atoms with Crippen molar-refractivity contribution >= 4 is 17.2 Å². The zero-order valence-electron chi connectivity index (χ0n) is 7.62. The molecule has 0 aliphatic carbocycles. The molecule has 0 aliphatic rings. The number of rotatable bonds is 2. The normalized spacial score (nSPS) is 11.3. The first-order chi connectivity index (χ1) is 7.06.